The summed E-state index contributed by atoms with van der Waals surface area (Å²) in [4.78, 5) is 2.83. The Morgan fingerprint density at radius 2 is 0.706 bits per heavy atom. The van der Waals surface area contributed by atoms with Crippen molar-refractivity contribution >= 4 is 61.5 Å². The highest BCUT2D eigenvalue weighted by molar-refractivity contribution is 7.16. The molecule has 0 fully saturated rings. The number of thiophene rings is 2. The second-order valence-corrected chi connectivity index (χ2v) is 33.1. The lowest BCUT2D eigenvalue weighted by atomic mass is 9.48. The minimum atomic E-state index is -0.696. The van der Waals surface area contributed by atoms with Crippen LogP contribution in [0.15, 0.2) is 169 Å². The van der Waals surface area contributed by atoms with Gasteiger partial charge >= 0.3 is 0 Å². The standard InChI is InChI=1S/C81H82N2S2/c1-47-40-51(77(11,12)13)44-55-54-43-50(76(8,9)10)36-39-68(54)83(71(47)55)70-46-65-73(85-70)80(60-30-22-18-26-56(60)78(14,15)57-27-19-23-31-61(57)80)64-45-69(84-72(64)81(65)62-32-24-20-28-58(62)79(16,17)59-29-21-25-33-63(59)81)82-66-37-34-48(74(2,3)4)41-52(66)53-42-49(75(5,6)7)35-38-67(53)82/h18-39,41-47H,40H2,1-17H3. The first kappa shape index (κ1) is 54.7. The predicted molar refractivity (Wildman–Crippen MR) is 364 cm³/mol. The minimum Gasteiger partial charge on any atom is -0.304 e. The van der Waals surface area contributed by atoms with E-state index in [1.807, 2.05) is 11.3 Å². The van der Waals surface area contributed by atoms with E-state index in [0.717, 1.165) is 6.42 Å². The van der Waals surface area contributed by atoms with Crippen LogP contribution in [-0.4, -0.2) is 9.13 Å². The zero-order chi connectivity index (χ0) is 59.7. The molecule has 85 heavy (non-hydrogen) atoms. The maximum atomic E-state index is 2.76. The Bertz CT molecular complexity index is 4370. The van der Waals surface area contributed by atoms with Crippen molar-refractivity contribution in [2.24, 2.45) is 5.41 Å². The topological polar surface area (TPSA) is 9.86 Å². The van der Waals surface area contributed by atoms with Gasteiger partial charge in [-0.25, -0.2) is 0 Å². The summed E-state index contributed by atoms with van der Waals surface area (Å²) in [6.45, 7) is 40.8. The molecule has 428 valence electrons. The number of nitrogens with zero attached hydrogens (tertiary/aromatic N) is 2. The molecule has 1 unspecified atom stereocenters. The van der Waals surface area contributed by atoms with Gasteiger partial charge in [-0.1, -0.05) is 245 Å². The minimum absolute atomic E-state index is 0.00781. The van der Waals surface area contributed by atoms with Crippen LogP contribution in [0, 0.1) is 5.41 Å². The molecule has 0 aliphatic heterocycles. The molecule has 4 heteroatoms. The van der Waals surface area contributed by atoms with Crippen molar-refractivity contribution in [2.45, 2.75) is 168 Å². The Labute approximate surface area is 513 Å². The number of allylic oxidation sites excluding steroid dienone is 1. The number of fused-ring (bicyclic) bond motifs is 20. The van der Waals surface area contributed by atoms with Crippen LogP contribution >= 0.6 is 22.7 Å². The lowest BCUT2D eigenvalue weighted by molar-refractivity contribution is 0.468. The van der Waals surface area contributed by atoms with E-state index < -0.39 is 10.8 Å². The molecule has 1 atom stereocenters. The van der Waals surface area contributed by atoms with Gasteiger partial charge in [0.05, 0.1) is 27.4 Å². The van der Waals surface area contributed by atoms with Crippen molar-refractivity contribution in [3.8, 4) is 10.0 Å². The highest BCUT2D eigenvalue weighted by Crippen LogP contribution is 2.70. The average molecular weight is 1150 g/mol. The number of hydrogen-bond donors (Lipinski definition) is 0. The normalized spacial score (nSPS) is 18.0. The zero-order valence-electron chi connectivity index (χ0n) is 53.2. The van der Waals surface area contributed by atoms with Crippen molar-refractivity contribution in [1.29, 1.82) is 0 Å². The van der Waals surface area contributed by atoms with Crippen LogP contribution in [0.25, 0.3) is 48.8 Å². The zero-order valence-corrected chi connectivity index (χ0v) is 54.8. The third kappa shape index (κ3) is 7.28. The second kappa shape index (κ2) is 17.6. The Balaban J connectivity index is 1.15. The van der Waals surface area contributed by atoms with E-state index >= 15 is 0 Å². The van der Waals surface area contributed by atoms with Gasteiger partial charge in [-0.05, 0) is 149 Å². The van der Waals surface area contributed by atoms with Crippen molar-refractivity contribution in [3.63, 3.8) is 0 Å². The van der Waals surface area contributed by atoms with Crippen LogP contribution < -0.4 is 0 Å². The Kier molecular flexibility index (Phi) is 11.3. The van der Waals surface area contributed by atoms with E-state index in [0.29, 0.717) is 5.92 Å². The van der Waals surface area contributed by atoms with Crippen LogP contribution in [0.2, 0.25) is 0 Å². The van der Waals surface area contributed by atoms with Crippen molar-refractivity contribution < 1.29 is 0 Å². The summed E-state index contributed by atoms with van der Waals surface area (Å²) < 4.78 is 5.42. The fourth-order valence-electron chi connectivity index (χ4n) is 16.5. The predicted octanol–water partition coefficient (Wildman–Crippen LogP) is 22.0. The molecule has 0 amide bonds. The van der Waals surface area contributed by atoms with E-state index in [9.17, 15) is 0 Å². The summed E-state index contributed by atoms with van der Waals surface area (Å²) in [6.07, 6.45) is 3.63. The van der Waals surface area contributed by atoms with Gasteiger partial charge in [0.2, 0.25) is 0 Å². The maximum Gasteiger partial charge on any atom is 0.101 e. The lowest BCUT2D eigenvalue weighted by Gasteiger charge is -2.55. The molecule has 0 radical (unpaired) electrons. The first-order valence-corrected chi connectivity index (χ1v) is 32.9. The molecule has 0 saturated heterocycles. The van der Waals surface area contributed by atoms with Gasteiger partial charge in [-0.2, -0.15) is 0 Å². The molecule has 4 aliphatic rings. The molecule has 15 rings (SSSR count). The number of benzene rings is 7. The molecule has 4 heterocycles. The lowest BCUT2D eigenvalue weighted by Crippen LogP contribution is -2.50. The van der Waals surface area contributed by atoms with Gasteiger partial charge in [0.15, 0.2) is 0 Å². The van der Waals surface area contributed by atoms with E-state index in [1.165, 1.54) is 142 Å². The van der Waals surface area contributed by atoms with Gasteiger partial charge in [0.1, 0.15) is 10.0 Å². The van der Waals surface area contributed by atoms with Crippen LogP contribution in [0.4, 0.5) is 0 Å². The van der Waals surface area contributed by atoms with E-state index in [4.69, 9.17) is 0 Å². The van der Waals surface area contributed by atoms with Crippen molar-refractivity contribution in [3.05, 3.63) is 263 Å². The summed E-state index contributed by atoms with van der Waals surface area (Å²) in [7, 11) is 0. The smallest absolute Gasteiger partial charge is 0.101 e. The monoisotopic (exact) mass is 1150 g/mol. The van der Waals surface area contributed by atoms with Crippen LogP contribution in [-0.2, 0) is 37.9 Å². The molecular weight excluding hydrogens is 1070 g/mol. The Morgan fingerprint density at radius 1 is 0.376 bits per heavy atom. The second-order valence-electron chi connectivity index (χ2n) is 31.0. The third-order valence-electron chi connectivity index (χ3n) is 21.1. The molecule has 0 N–H and O–H groups in total. The van der Waals surface area contributed by atoms with Gasteiger partial charge in [0.25, 0.3) is 0 Å². The van der Waals surface area contributed by atoms with E-state index in [1.54, 1.807) is 0 Å². The first-order chi connectivity index (χ1) is 40.1. The average Bonchev–Trinajstić information content (AvgIpc) is 1.64. The molecule has 11 aromatic rings. The van der Waals surface area contributed by atoms with Gasteiger partial charge in [-0.3, -0.25) is 0 Å². The SMILES string of the molecule is CC1CC(C(C)(C)C)=Cc2c1n(-c1cc3c(s1)C1(c4ccccc4C(C)(C)c4ccccc41)c1cc(-n4c5ccc(C(C)(C)C)cc5c5cc(C(C)(C)C)ccc54)sc1C31c3ccccc3C(C)(C)c3ccccc31)c1ccc(C(C)(C)C)cc21. The van der Waals surface area contributed by atoms with Gasteiger partial charge < -0.3 is 9.13 Å². The summed E-state index contributed by atoms with van der Waals surface area (Å²) in [5.74, 6) is 0.296. The molecule has 0 bridgehead atoms. The summed E-state index contributed by atoms with van der Waals surface area (Å²) in [6, 6.07) is 66.0. The fourth-order valence-corrected chi connectivity index (χ4v) is 19.4. The summed E-state index contributed by atoms with van der Waals surface area (Å²) in [5, 5.41) is 6.53. The highest BCUT2D eigenvalue weighted by Gasteiger charge is 2.62. The quantitative estimate of drug-likeness (QED) is 0.163. The van der Waals surface area contributed by atoms with E-state index in [2.05, 4.69) is 308 Å². The maximum absolute atomic E-state index is 2.76. The van der Waals surface area contributed by atoms with Crippen molar-refractivity contribution in [1.82, 2.24) is 9.13 Å². The Morgan fingerprint density at radius 3 is 1.06 bits per heavy atom. The van der Waals surface area contributed by atoms with Crippen molar-refractivity contribution in [2.75, 3.05) is 0 Å². The van der Waals surface area contributed by atoms with Crippen LogP contribution in [0.3, 0.4) is 0 Å². The molecule has 7 aromatic carbocycles. The first-order valence-electron chi connectivity index (χ1n) is 31.3. The number of hydrogen-bond acceptors (Lipinski definition) is 2. The molecule has 0 saturated carbocycles. The highest BCUT2D eigenvalue weighted by atomic mass is 32.1. The summed E-state index contributed by atoms with van der Waals surface area (Å²) in [5.41, 5.74) is 24.2. The van der Waals surface area contributed by atoms with Crippen LogP contribution in [0.1, 0.15) is 223 Å². The van der Waals surface area contributed by atoms with Crippen LogP contribution in [0.5, 0.6) is 0 Å². The number of aromatic nitrogens is 2. The molecule has 2 spiro atoms. The molecular formula is C81H82N2S2. The molecule has 4 aliphatic carbocycles. The molecule has 4 aromatic heterocycles. The largest absolute Gasteiger partial charge is 0.304 e. The number of rotatable bonds is 2. The third-order valence-corrected chi connectivity index (χ3v) is 23.5. The molecule has 2 nitrogen and oxygen atoms in total. The Hall–Kier alpha value is -6.98. The van der Waals surface area contributed by atoms with E-state index in [-0.39, 0.29) is 32.5 Å². The van der Waals surface area contributed by atoms with Gasteiger partial charge in [0, 0.05) is 53.9 Å². The fraction of sp³-hybridized carbons (Fsp3) is 0.333. The van der Waals surface area contributed by atoms with Gasteiger partial charge in [-0.15, -0.1) is 22.7 Å². The summed E-state index contributed by atoms with van der Waals surface area (Å²) >= 11 is 4.12.